The number of carbonyl (C=O) groups is 1. The third kappa shape index (κ3) is 6.96. The second kappa shape index (κ2) is 10.7. The Morgan fingerprint density at radius 2 is 1.95 bits per heavy atom. The number of hydrogen-bond acceptors (Lipinski definition) is 3. The zero-order valence-corrected chi connectivity index (χ0v) is 14.5. The molecule has 0 aromatic heterocycles. The molecule has 0 atom stereocenters. The standard InChI is InChI=1S/C13H23N5O.HI/c1-4-5-15-13(14-3)16-6-7-17-8-10-18(11-9-17)12(2)19;/h1H,5-11H2,2-3H3,(H2,14,15,16);1H. The highest BCUT2D eigenvalue weighted by molar-refractivity contribution is 14.0. The predicted molar refractivity (Wildman–Crippen MR) is 92.3 cm³/mol. The normalized spacial score (nSPS) is 16.1. The molecule has 1 aliphatic heterocycles. The minimum Gasteiger partial charge on any atom is -0.355 e. The van der Waals surface area contributed by atoms with Crippen LogP contribution in [0.25, 0.3) is 0 Å². The van der Waals surface area contributed by atoms with Crippen LogP contribution in [-0.2, 0) is 4.79 Å². The van der Waals surface area contributed by atoms with Gasteiger partial charge >= 0.3 is 0 Å². The molecule has 6 nitrogen and oxygen atoms in total. The van der Waals surface area contributed by atoms with Crippen LogP contribution in [0.3, 0.4) is 0 Å². The Labute approximate surface area is 138 Å². The van der Waals surface area contributed by atoms with Gasteiger partial charge in [0.2, 0.25) is 5.91 Å². The van der Waals surface area contributed by atoms with E-state index in [2.05, 4.69) is 26.4 Å². The topological polar surface area (TPSA) is 60.0 Å². The highest BCUT2D eigenvalue weighted by Gasteiger charge is 2.17. The van der Waals surface area contributed by atoms with Gasteiger partial charge in [-0.1, -0.05) is 5.92 Å². The van der Waals surface area contributed by atoms with E-state index in [-0.39, 0.29) is 29.9 Å². The summed E-state index contributed by atoms with van der Waals surface area (Å²) in [6, 6.07) is 0. The van der Waals surface area contributed by atoms with Crippen molar-refractivity contribution in [1.82, 2.24) is 20.4 Å². The highest BCUT2D eigenvalue weighted by Crippen LogP contribution is 2.00. The Hall–Kier alpha value is -1.01. The summed E-state index contributed by atoms with van der Waals surface area (Å²) in [7, 11) is 1.72. The summed E-state index contributed by atoms with van der Waals surface area (Å²) in [5, 5.41) is 6.22. The second-order valence-corrected chi connectivity index (χ2v) is 4.40. The minimum absolute atomic E-state index is 0. The molecule has 0 bridgehead atoms. The van der Waals surface area contributed by atoms with E-state index in [0.29, 0.717) is 6.54 Å². The molecule has 114 valence electrons. The highest BCUT2D eigenvalue weighted by atomic mass is 127. The van der Waals surface area contributed by atoms with Crippen molar-refractivity contribution >= 4 is 35.8 Å². The van der Waals surface area contributed by atoms with Gasteiger partial charge in [-0.25, -0.2) is 0 Å². The molecule has 1 fully saturated rings. The molecule has 7 heteroatoms. The molecule has 1 amide bonds. The first-order valence-corrected chi connectivity index (χ1v) is 6.53. The van der Waals surface area contributed by atoms with Crippen molar-refractivity contribution in [2.24, 2.45) is 4.99 Å². The number of halogens is 1. The summed E-state index contributed by atoms with van der Waals surface area (Å²) in [5.41, 5.74) is 0. The maximum atomic E-state index is 11.2. The molecule has 0 aromatic carbocycles. The zero-order valence-electron chi connectivity index (χ0n) is 12.2. The quantitative estimate of drug-likeness (QED) is 0.295. The minimum atomic E-state index is 0. The molecule has 0 radical (unpaired) electrons. The molecule has 0 saturated carbocycles. The first kappa shape index (κ1) is 19.0. The van der Waals surface area contributed by atoms with Crippen LogP contribution in [0.4, 0.5) is 0 Å². The number of carbonyl (C=O) groups excluding carboxylic acids is 1. The maximum Gasteiger partial charge on any atom is 0.219 e. The fourth-order valence-corrected chi connectivity index (χ4v) is 1.97. The third-order valence-corrected chi connectivity index (χ3v) is 3.12. The summed E-state index contributed by atoms with van der Waals surface area (Å²) in [5.74, 6) is 3.39. The number of guanidine groups is 1. The van der Waals surface area contributed by atoms with Crippen molar-refractivity contribution in [3.05, 3.63) is 0 Å². The van der Waals surface area contributed by atoms with Gasteiger partial charge in [0, 0.05) is 53.2 Å². The summed E-state index contributed by atoms with van der Waals surface area (Å²) in [6.45, 7) is 7.33. The largest absolute Gasteiger partial charge is 0.355 e. The fourth-order valence-electron chi connectivity index (χ4n) is 1.97. The molecule has 1 rings (SSSR count). The van der Waals surface area contributed by atoms with Gasteiger partial charge in [-0.05, 0) is 0 Å². The summed E-state index contributed by atoms with van der Waals surface area (Å²) in [6.07, 6.45) is 5.18. The maximum absolute atomic E-state index is 11.2. The number of terminal acetylenes is 1. The number of nitrogens with one attached hydrogen (secondary N) is 2. The lowest BCUT2D eigenvalue weighted by Gasteiger charge is -2.34. The Morgan fingerprint density at radius 3 is 2.45 bits per heavy atom. The van der Waals surface area contributed by atoms with E-state index in [1.165, 1.54) is 0 Å². The van der Waals surface area contributed by atoms with E-state index in [1.54, 1.807) is 14.0 Å². The van der Waals surface area contributed by atoms with Crippen molar-refractivity contribution < 1.29 is 4.79 Å². The van der Waals surface area contributed by atoms with E-state index in [9.17, 15) is 4.79 Å². The molecule has 0 unspecified atom stereocenters. The Balaban J connectivity index is 0.00000361. The van der Waals surface area contributed by atoms with Gasteiger partial charge in [-0.15, -0.1) is 30.4 Å². The fraction of sp³-hybridized carbons (Fsp3) is 0.692. The van der Waals surface area contributed by atoms with Gasteiger partial charge in [0.15, 0.2) is 5.96 Å². The van der Waals surface area contributed by atoms with E-state index in [4.69, 9.17) is 6.42 Å². The van der Waals surface area contributed by atoms with Gasteiger partial charge in [0.1, 0.15) is 0 Å². The van der Waals surface area contributed by atoms with Crippen LogP contribution in [0, 0.1) is 12.3 Å². The molecule has 20 heavy (non-hydrogen) atoms. The van der Waals surface area contributed by atoms with Crippen LogP contribution >= 0.6 is 24.0 Å². The Morgan fingerprint density at radius 1 is 1.30 bits per heavy atom. The monoisotopic (exact) mass is 393 g/mol. The molecule has 0 spiro atoms. The summed E-state index contributed by atoms with van der Waals surface area (Å²) in [4.78, 5) is 19.5. The average molecular weight is 393 g/mol. The number of nitrogens with zero attached hydrogens (tertiary/aromatic N) is 3. The van der Waals surface area contributed by atoms with Crippen molar-refractivity contribution in [1.29, 1.82) is 0 Å². The number of amides is 1. The average Bonchev–Trinajstić information content (AvgIpc) is 2.43. The Kier molecular flexibility index (Phi) is 10.2. The van der Waals surface area contributed by atoms with Gasteiger partial charge in [0.25, 0.3) is 0 Å². The molecule has 2 N–H and O–H groups in total. The molecule has 1 heterocycles. The van der Waals surface area contributed by atoms with Crippen molar-refractivity contribution in [2.45, 2.75) is 6.92 Å². The lowest BCUT2D eigenvalue weighted by molar-refractivity contribution is -0.130. The number of hydrogen-bond donors (Lipinski definition) is 2. The smallest absolute Gasteiger partial charge is 0.219 e. The molecule has 1 saturated heterocycles. The lowest BCUT2D eigenvalue weighted by atomic mass is 10.3. The first-order chi connectivity index (χ1) is 9.17. The van der Waals surface area contributed by atoms with Crippen LogP contribution in [0.1, 0.15) is 6.92 Å². The van der Waals surface area contributed by atoms with E-state index < -0.39 is 0 Å². The Bertz CT molecular complexity index is 358. The summed E-state index contributed by atoms with van der Waals surface area (Å²) >= 11 is 0. The van der Waals surface area contributed by atoms with Crippen molar-refractivity contribution in [2.75, 3.05) is 52.9 Å². The van der Waals surface area contributed by atoms with E-state index in [0.717, 1.165) is 45.2 Å². The van der Waals surface area contributed by atoms with Crippen LogP contribution in [-0.4, -0.2) is 74.5 Å². The number of rotatable bonds is 4. The molecule has 0 aliphatic carbocycles. The van der Waals surface area contributed by atoms with E-state index in [1.807, 2.05) is 4.90 Å². The van der Waals surface area contributed by atoms with Crippen molar-refractivity contribution in [3.63, 3.8) is 0 Å². The van der Waals surface area contributed by atoms with Gasteiger partial charge in [0.05, 0.1) is 6.54 Å². The molecule has 0 aromatic rings. The van der Waals surface area contributed by atoms with Crippen LogP contribution in [0.5, 0.6) is 0 Å². The predicted octanol–water partition coefficient (Wildman–Crippen LogP) is -0.433. The van der Waals surface area contributed by atoms with Gasteiger partial charge < -0.3 is 15.5 Å². The summed E-state index contributed by atoms with van der Waals surface area (Å²) < 4.78 is 0. The number of piperazine rings is 1. The molecular formula is C13H24IN5O. The van der Waals surface area contributed by atoms with Gasteiger partial charge in [-0.3, -0.25) is 14.7 Å². The van der Waals surface area contributed by atoms with Crippen molar-refractivity contribution in [3.8, 4) is 12.3 Å². The number of aliphatic imine (C=N–C) groups is 1. The van der Waals surface area contributed by atoms with Gasteiger partial charge in [-0.2, -0.15) is 0 Å². The van der Waals surface area contributed by atoms with Crippen LogP contribution in [0.2, 0.25) is 0 Å². The lowest BCUT2D eigenvalue weighted by Crippen LogP contribution is -2.50. The zero-order chi connectivity index (χ0) is 14.1. The van der Waals surface area contributed by atoms with Crippen LogP contribution < -0.4 is 10.6 Å². The molecule has 1 aliphatic rings. The third-order valence-electron chi connectivity index (χ3n) is 3.12. The second-order valence-electron chi connectivity index (χ2n) is 4.40. The SMILES string of the molecule is C#CCNC(=NC)NCCN1CCN(C(C)=O)CC1.I. The molecular weight excluding hydrogens is 369 g/mol. The van der Waals surface area contributed by atoms with E-state index >= 15 is 0 Å². The first-order valence-electron chi connectivity index (χ1n) is 6.53. The van der Waals surface area contributed by atoms with Crippen LogP contribution in [0.15, 0.2) is 4.99 Å².